The molecule has 1 heterocycles. The van der Waals surface area contributed by atoms with Gasteiger partial charge in [0.25, 0.3) is 0 Å². The maximum atomic E-state index is 4.34. The predicted molar refractivity (Wildman–Crippen MR) is 55.1 cm³/mol. The van der Waals surface area contributed by atoms with E-state index in [1.165, 1.54) is 0 Å². The molecule has 0 radical (unpaired) electrons. The maximum absolute atomic E-state index is 4.34. The molecule has 0 aliphatic heterocycles. The third-order valence-electron chi connectivity index (χ3n) is 1.95. The van der Waals surface area contributed by atoms with Crippen LogP contribution < -0.4 is 10.2 Å². The van der Waals surface area contributed by atoms with Gasteiger partial charge in [-0.3, -0.25) is 0 Å². The highest BCUT2D eigenvalue weighted by Crippen LogP contribution is 2.10. The van der Waals surface area contributed by atoms with Crippen LogP contribution in [0.15, 0.2) is 12.3 Å². The van der Waals surface area contributed by atoms with Crippen LogP contribution in [0.25, 0.3) is 0 Å². The first kappa shape index (κ1) is 9.77. The lowest BCUT2D eigenvalue weighted by molar-refractivity contribution is 0.842. The number of anilines is 2. The van der Waals surface area contributed by atoms with E-state index in [0.717, 1.165) is 18.9 Å². The second kappa shape index (κ2) is 4.64. The SMILES string of the molecule is CCN(CC)c1ccnc(NC)n1. The van der Waals surface area contributed by atoms with E-state index >= 15 is 0 Å². The minimum atomic E-state index is 0.671. The van der Waals surface area contributed by atoms with E-state index in [4.69, 9.17) is 0 Å². The van der Waals surface area contributed by atoms with Gasteiger partial charge in [-0.05, 0) is 19.9 Å². The summed E-state index contributed by atoms with van der Waals surface area (Å²) >= 11 is 0. The van der Waals surface area contributed by atoms with E-state index < -0.39 is 0 Å². The van der Waals surface area contributed by atoms with Crippen molar-refractivity contribution in [2.75, 3.05) is 30.4 Å². The molecule has 0 atom stereocenters. The van der Waals surface area contributed by atoms with Crippen LogP contribution >= 0.6 is 0 Å². The minimum absolute atomic E-state index is 0.671. The summed E-state index contributed by atoms with van der Waals surface area (Å²) in [6.07, 6.45) is 1.77. The highest BCUT2D eigenvalue weighted by molar-refractivity contribution is 5.41. The Morgan fingerprint density at radius 3 is 2.62 bits per heavy atom. The quantitative estimate of drug-likeness (QED) is 0.759. The molecule has 0 aliphatic rings. The Labute approximate surface area is 79.0 Å². The van der Waals surface area contributed by atoms with Gasteiger partial charge in [0.05, 0.1) is 0 Å². The molecule has 0 aliphatic carbocycles. The van der Waals surface area contributed by atoms with E-state index in [1.807, 2.05) is 13.1 Å². The van der Waals surface area contributed by atoms with E-state index in [2.05, 4.69) is 34.0 Å². The van der Waals surface area contributed by atoms with Gasteiger partial charge in [0.2, 0.25) is 5.95 Å². The predicted octanol–water partition coefficient (Wildman–Crippen LogP) is 1.36. The van der Waals surface area contributed by atoms with Crippen molar-refractivity contribution in [3.8, 4) is 0 Å². The third-order valence-corrected chi connectivity index (χ3v) is 1.95. The summed E-state index contributed by atoms with van der Waals surface area (Å²) in [5.41, 5.74) is 0. The van der Waals surface area contributed by atoms with Crippen LogP contribution in [0, 0.1) is 0 Å². The monoisotopic (exact) mass is 180 g/mol. The van der Waals surface area contributed by atoms with Gasteiger partial charge in [0.15, 0.2) is 0 Å². The molecule has 0 bridgehead atoms. The first-order valence-electron chi connectivity index (χ1n) is 4.57. The molecule has 0 saturated heterocycles. The van der Waals surface area contributed by atoms with Gasteiger partial charge >= 0.3 is 0 Å². The van der Waals surface area contributed by atoms with Crippen molar-refractivity contribution in [3.63, 3.8) is 0 Å². The fourth-order valence-corrected chi connectivity index (χ4v) is 1.19. The zero-order valence-corrected chi connectivity index (χ0v) is 8.41. The van der Waals surface area contributed by atoms with Gasteiger partial charge < -0.3 is 10.2 Å². The number of nitrogens with zero attached hydrogens (tertiary/aromatic N) is 3. The van der Waals surface area contributed by atoms with Gasteiger partial charge in [0, 0.05) is 26.3 Å². The molecule has 0 fully saturated rings. The Morgan fingerprint density at radius 1 is 1.38 bits per heavy atom. The molecule has 0 unspecified atom stereocenters. The van der Waals surface area contributed by atoms with Crippen LogP contribution in [0.3, 0.4) is 0 Å². The molecule has 0 aromatic carbocycles. The zero-order chi connectivity index (χ0) is 9.68. The summed E-state index contributed by atoms with van der Waals surface area (Å²) in [4.78, 5) is 10.6. The van der Waals surface area contributed by atoms with E-state index in [9.17, 15) is 0 Å². The van der Waals surface area contributed by atoms with Gasteiger partial charge in [0.1, 0.15) is 5.82 Å². The second-order valence-electron chi connectivity index (χ2n) is 2.66. The van der Waals surface area contributed by atoms with Crippen LogP contribution in [0.2, 0.25) is 0 Å². The lowest BCUT2D eigenvalue weighted by Crippen LogP contribution is -2.23. The van der Waals surface area contributed by atoms with Crippen molar-refractivity contribution in [2.45, 2.75) is 13.8 Å². The van der Waals surface area contributed by atoms with Crippen molar-refractivity contribution in [1.29, 1.82) is 0 Å². The highest BCUT2D eigenvalue weighted by atomic mass is 15.2. The summed E-state index contributed by atoms with van der Waals surface area (Å²) in [7, 11) is 1.82. The zero-order valence-electron chi connectivity index (χ0n) is 8.41. The minimum Gasteiger partial charge on any atom is -0.357 e. The molecule has 0 saturated carbocycles. The van der Waals surface area contributed by atoms with Crippen LogP contribution in [-0.4, -0.2) is 30.1 Å². The molecule has 4 heteroatoms. The largest absolute Gasteiger partial charge is 0.357 e. The standard InChI is InChI=1S/C9H16N4/c1-4-13(5-2)8-6-7-11-9(10-3)12-8/h6-7H,4-5H2,1-3H3,(H,10,11,12). The number of hydrogen-bond acceptors (Lipinski definition) is 4. The molecular weight excluding hydrogens is 164 g/mol. The van der Waals surface area contributed by atoms with Crippen LogP contribution in [-0.2, 0) is 0 Å². The van der Waals surface area contributed by atoms with Crippen molar-refractivity contribution >= 4 is 11.8 Å². The normalized spacial score (nSPS) is 9.77. The fraction of sp³-hybridized carbons (Fsp3) is 0.556. The summed E-state index contributed by atoms with van der Waals surface area (Å²) in [5.74, 6) is 1.65. The van der Waals surface area contributed by atoms with Crippen LogP contribution in [0.5, 0.6) is 0 Å². The molecule has 13 heavy (non-hydrogen) atoms. The second-order valence-corrected chi connectivity index (χ2v) is 2.66. The van der Waals surface area contributed by atoms with Crippen molar-refractivity contribution in [1.82, 2.24) is 9.97 Å². The Bertz CT molecular complexity index is 258. The highest BCUT2D eigenvalue weighted by Gasteiger charge is 2.03. The maximum Gasteiger partial charge on any atom is 0.224 e. The summed E-state index contributed by atoms with van der Waals surface area (Å²) in [6, 6.07) is 1.92. The molecular formula is C9H16N4. The average Bonchev–Trinajstić information content (AvgIpc) is 2.20. The van der Waals surface area contributed by atoms with E-state index in [1.54, 1.807) is 6.20 Å². The van der Waals surface area contributed by atoms with Crippen molar-refractivity contribution in [2.24, 2.45) is 0 Å². The van der Waals surface area contributed by atoms with E-state index in [-0.39, 0.29) is 0 Å². The summed E-state index contributed by atoms with van der Waals surface area (Å²) < 4.78 is 0. The number of rotatable bonds is 4. The molecule has 1 rings (SSSR count). The lowest BCUT2D eigenvalue weighted by atomic mass is 10.4. The Morgan fingerprint density at radius 2 is 2.08 bits per heavy atom. The summed E-state index contributed by atoms with van der Waals surface area (Å²) in [5, 5.41) is 2.92. The molecule has 72 valence electrons. The first-order valence-corrected chi connectivity index (χ1v) is 4.57. The van der Waals surface area contributed by atoms with Gasteiger partial charge in [-0.25, -0.2) is 4.98 Å². The lowest BCUT2D eigenvalue weighted by Gasteiger charge is -2.19. The van der Waals surface area contributed by atoms with Crippen LogP contribution in [0.1, 0.15) is 13.8 Å². The van der Waals surface area contributed by atoms with E-state index in [0.29, 0.717) is 5.95 Å². The molecule has 1 N–H and O–H groups in total. The summed E-state index contributed by atoms with van der Waals surface area (Å²) in [6.45, 7) is 6.17. The first-order chi connectivity index (χ1) is 6.31. The van der Waals surface area contributed by atoms with Gasteiger partial charge in [-0.2, -0.15) is 4.98 Å². The van der Waals surface area contributed by atoms with Crippen molar-refractivity contribution in [3.05, 3.63) is 12.3 Å². The Kier molecular flexibility index (Phi) is 3.49. The molecule has 1 aromatic heterocycles. The molecule has 0 spiro atoms. The van der Waals surface area contributed by atoms with Gasteiger partial charge in [-0.15, -0.1) is 0 Å². The molecule has 4 nitrogen and oxygen atoms in total. The van der Waals surface area contributed by atoms with Crippen LogP contribution in [0.4, 0.5) is 11.8 Å². The smallest absolute Gasteiger partial charge is 0.224 e. The number of aromatic nitrogens is 2. The fourth-order valence-electron chi connectivity index (χ4n) is 1.19. The Hall–Kier alpha value is -1.32. The van der Waals surface area contributed by atoms with Crippen molar-refractivity contribution < 1.29 is 0 Å². The third kappa shape index (κ3) is 2.31. The Balaban J connectivity index is 2.86. The molecule has 0 amide bonds. The van der Waals surface area contributed by atoms with Gasteiger partial charge in [-0.1, -0.05) is 0 Å². The number of hydrogen-bond donors (Lipinski definition) is 1. The molecule has 1 aromatic rings. The topological polar surface area (TPSA) is 41.1 Å². The average molecular weight is 180 g/mol. The number of nitrogens with one attached hydrogen (secondary N) is 1.